The highest BCUT2D eigenvalue weighted by atomic mass is 16.5. The van der Waals surface area contributed by atoms with Gasteiger partial charge in [-0.3, -0.25) is 0 Å². The van der Waals surface area contributed by atoms with E-state index < -0.39 is 0 Å². The Bertz CT molecular complexity index is 236. The summed E-state index contributed by atoms with van der Waals surface area (Å²) in [5.74, 6) is 1.18. The van der Waals surface area contributed by atoms with Crippen molar-refractivity contribution in [1.82, 2.24) is 0 Å². The molecule has 0 radical (unpaired) electrons. The van der Waals surface area contributed by atoms with Crippen molar-refractivity contribution in [2.45, 2.75) is 52.9 Å². The van der Waals surface area contributed by atoms with Crippen molar-refractivity contribution >= 4 is 0 Å². The fourth-order valence-corrected chi connectivity index (χ4v) is 1.73. The van der Waals surface area contributed by atoms with Crippen LogP contribution in [0.1, 0.15) is 52.9 Å². The van der Waals surface area contributed by atoms with Gasteiger partial charge in [0.05, 0.1) is 6.61 Å². The maximum Gasteiger partial charge on any atom is 0.118 e. The topological polar surface area (TPSA) is 9.23 Å². The molecule has 0 fully saturated rings. The Kier molecular flexibility index (Phi) is 4.78. The molecule has 1 heterocycles. The summed E-state index contributed by atoms with van der Waals surface area (Å²) in [7, 11) is 0. The van der Waals surface area contributed by atoms with E-state index in [0.717, 1.165) is 6.61 Å². The molecular weight excluding hydrogens is 172 g/mol. The summed E-state index contributed by atoms with van der Waals surface area (Å²) >= 11 is 0. The van der Waals surface area contributed by atoms with Crippen molar-refractivity contribution < 1.29 is 4.74 Å². The first-order valence-electron chi connectivity index (χ1n) is 5.80. The van der Waals surface area contributed by atoms with Crippen molar-refractivity contribution in [3.8, 4) is 0 Å². The van der Waals surface area contributed by atoms with Gasteiger partial charge < -0.3 is 4.74 Å². The fraction of sp³-hybridized carbons (Fsp3) is 0.692. The normalized spacial score (nSPS) is 20.1. The van der Waals surface area contributed by atoms with Crippen LogP contribution < -0.4 is 0 Å². The van der Waals surface area contributed by atoms with E-state index in [0.29, 0.717) is 0 Å². The molecule has 1 heteroatoms. The van der Waals surface area contributed by atoms with Crippen molar-refractivity contribution in [3.63, 3.8) is 0 Å². The predicted octanol–water partition coefficient (Wildman–Crippen LogP) is 4.21. The van der Waals surface area contributed by atoms with Gasteiger partial charge in [0, 0.05) is 0 Å². The lowest BCUT2D eigenvalue weighted by molar-refractivity contribution is 0.195. The van der Waals surface area contributed by atoms with E-state index in [1.807, 2.05) is 0 Å². The summed E-state index contributed by atoms with van der Waals surface area (Å²) < 4.78 is 5.56. The Morgan fingerprint density at radius 2 is 1.93 bits per heavy atom. The highest BCUT2D eigenvalue weighted by Crippen LogP contribution is 2.30. The van der Waals surface area contributed by atoms with Gasteiger partial charge in [-0.05, 0) is 44.3 Å². The Morgan fingerprint density at radius 3 is 2.64 bits per heavy atom. The summed E-state index contributed by atoms with van der Waals surface area (Å²) in [5, 5.41) is 0. The SMILES string of the molecule is CC1=CC2=C(CCCO2)CC1.CCC. The van der Waals surface area contributed by atoms with Crippen LogP contribution in [0.15, 0.2) is 23.0 Å². The highest BCUT2D eigenvalue weighted by Gasteiger charge is 2.15. The lowest BCUT2D eigenvalue weighted by Gasteiger charge is -2.23. The van der Waals surface area contributed by atoms with Crippen LogP contribution in [0.25, 0.3) is 0 Å². The lowest BCUT2D eigenvalue weighted by Crippen LogP contribution is -2.08. The van der Waals surface area contributed by atoms with Crippen LogP contribution in [0.5, 0.6) is 0 Å². The third-order valence-electron chi connectivity index (χ3n) is 2.43. The Balaban J connectivity index is 0.000000293. The van der Waals surface area contributed by atoms with E-state index in [1.54, 1.807) is 5.57 Å². The van der Waals surface area contributed by atoms with Crippen LogP contribution in [0, 0.1) is 0 Å². The van der Waals surface area contributed by atoms with Gasteiger partial charge in [0.1, 0.15) is 5.76 Å². The van der Waals surface area contributed by atoms with E-state index in [9.17, 15) is 0 Å². The molecule has 0 N–H and O–H groups in total. The summed E-state index contributed by atoms with van der Waals surface area (Å²) in [4.78, 5) is 0. The first-order chi connectivity index (χ1) is 6.77. The maximum atomic E-state index is 5.56. The van der Waals surface area contributed by atoms with Gasteiger partial charge in [0.2, 0.25) is 0 Å². The van der Waals surface area contributed by atoms with Gasteiger partial charge in [-0.25, -0.2) is 0 Å². The first-order valence-corrected chi connectivity index (χ1v) is 5.80. The van der Waals surface area contributed by atoms with Crippen LogP contribution >= 0.6 is 0 Å². The Labute approximate surface area is 87.8 Å². The second-order valence-electron chi connectivity index (χ2n) is 4.12. The molecule has 0 aromatic heterocycles. The Morgan fingerprint density at radius 1 is 1.21 bits per heavy atom. The van der Waals surface area contributed by atoms with Gasteiger partial charge >= 0.3 is 0 Å². The quantitative estimate of drug-likeness (QED) is 0.561. The second kappa shape index (κ2) is 5.90. The molecule has 80 valence electrons. The average molecular weight is 194 g/mol. The summed E-state index contributed by atoms with van der Waals surface area (Å²) in [6.45, 7) is 7.35. The van der Waals surface area contributed by atoms with Crippen molar-refractivity contribution in [1.29, 1.82) is 0 Å². The molecule has 0 saturated carbocycles. The number of ether oxygens (including phenoxy) is 1. The molecule has 0 amide bonds. The first kappa shape index (κ1) is 11.4. The molecule has 1 nitrogen and oxygen atoms in total. The van der Waals surface area contributed by atoms with Crippen molar-refractivity contribution in [2.24, 2.45) is 0 Å². The van der Waals surface area contributed by atoms with E-state index in [1.165, 1.54) is 43.4 Å². The van der Waals surface area contributed by atoms with E-state index in [2.05, 4.69) is 26.8 Å². The smallest absolute Gasteiger partial charge is 0.118 e. The number of hydrogen-bond donors (Lipinski definition) is 0. The summed E-state index contributed by atoms with van der Waals surface area (Å²) in [5.41, 5.74) is 3.01. The molecule has 1 aliphatic heterocycles. The number of hydrogen-bond acceptors (Lipinski definition) is 1. The van der Waals surface area contributed by atoms with Gasteiger partial charge in [0.15, 0.2) is 0 Å². The van der Waals surface area contributed by atoms with Gasteiger partial charge in [0.25, 0.3) is 0 Å². The average Bonchev–Trinajstić information content (AvgIpc) is 2.19. The Hall–Kier alpha value is -0.720. The zero-order chi connectivity index (χ0) is 10.4. The van der Waals surface area contributed by atoms with Crippen LogP contribution in [0.3, 0.4) is 0 Å². The fourth-order valence-electron chi connectivity index (χ4n) is 1.73. The van der Waals surface area contributed by atoms with Crippen LogP contribution in [-0.4, -0.2) is 6.61 Å². The molecular formula is C13H22O. The van der Waals surface area contributed by atoms with Crippen LogP contribution in [-0.2, 0) is 4.74 Å². The highest BCUT2D eigenvalue weighted by molar-refractivity contribution is 5.29. The second-order valence-corrected chi connectivity index (χ2v) is 4.12. The molecule has 0 atom stereocenters. The van der Waals surface area contributed by atoms with Crippen LogP contribution in [0.4, 0.5) is 0 Å². The maximum absolute atomic E-state index is 5.56. The van der Waals surface area contributed by atoms with E-state index >= 15 is 0 Å². The molecule has 0 bridgehead atoms. The molecule has 0 spiro atoms. The van der Waals surface area contributed by atoms with Crippen molar-refractivity contribution in [2.75, 3.05) is 6.61 Å². The lowest BCUT2D eigenvalue weighted by atomic mass is 9.93. The van der Waals surface area contributed by atoms with Crippen molar-refractivity contribution in [3.05, 3.63) is 23.0 Å². The molecule has 2 aliphatic rings. The molecule has 0 unspecified atom stereocenters. The largest absolute Gasteiger partial charge is 0.494 e. The minimum absolute atomic E-state index is 0.919. The minimum Gasteiger partial charge on any atom is -0.494 e. The predicted molar refractivity (Wildman–Crippen MR) is 61.2 cm³/mol. The zero-order valence-electron chi connectivity index (χ0n) is 9.73. The van der Waals surface area contributed by atoms with E-state index in [4.69, 9.17) is 4.74 Å². The summed E-state index contributed by atoms with van der Waals surface area (Å²) in [6, 6.07) is 0. The standard InChI is InChI=1S/C10H14O.C3H8/c1-8-4-5-9-3-2-6-11-10(9)7-8;1-3-2/h7H,2-6H2,1H3;3H2,1-2H3. The monoisotopic (exact) mass is 194 g/mol. The third-order valence-corrected chi connectivity index (χ3v) is 2.43. The zero-order valence-corrected chi connectivity index (χ0v) is 9.73. The molecule has 0 aromatic carbocycles. The summed E-state index contributed by atoms with van der Waals surface area (Å²) in [6.07, 6.45) is 8.41. The van der Waals surface area contributed by atoms with Gasteiger partial charge in [-0.2, -0.15) is 0 Å². The number of rotatable bonds is 0. The van der Waals surface area contributed by atoms with Gasteiger partial charge in [-0.15, -0.1) is 0 Å². The molecule has 0 saturated heterocycles. The van der Waals surface area contributed by atoms with Crippen LogP contribution in [0.2, 0.25) is 0 Å². The van der Waals surface area contributed by atoms with Gasteiger partial charge in [-0.1, -0.05) is 25.8 Å². The molecule has 1 aliphatic carbocycles. The van der Waals surface area contributed by atoms with E-state index in [-0.39, 0.29) is 0 Å². The third kappa shape index (κ3) is 3.21. The minimum atomic E-state index is 0.919. The molecule has 14 heavy (non-hydrogen) atoms. The molecule has 0 aromatic rings. The molecule has 2 rings (SSSR count). The number of allylic oxidation sites excluding steroid dienone is 3.